The third kappa shape index (κ3) is 5.19. The summed E-state index contributed by atoms with van der Waals surface area (Å²) in [4.78, 5) is 36.6. The van der Waals surface area contributed by atoms with Crippen LogP contribution in [-0.4, -0.2) is 64.4 Å². The Morgan fingerprint density at radius 1 is 0.962 bits per heavy atom. The van der Waals surface area contributed by atoms with E-state index in [1.807, 2.05) is 35.2 Å². The van der Waals surface area contributed by atoms with Gasteiger partial charge in [-0.2, -0.15) is 0 Å². The number of hydrogen-bond acceptors (Lipinski definition) is 6. The molecule has 0 atom stereocenters. The highest BCUT2D eigenvalue weighted by molar-refractivity contribution is 8.00. The number of para-hydroxylation sites is 1. The molecule has 1 N–H and O–H groups in total. The topological polar surface area (TPSA) is 78.4 Å². The first-order valence-corrected chi connectivity index (χ1v) is 9.60. The number of amides is 2. The van der Waals surface area contributed by atoms with Gasteiger partial charge in [-0.05, 0) is 18.2 Å². The van der Waals surface area contributed by atoms with Crippen molar-refractivity contribution < 1.29 is 9.59 Å². The van der Waals surface area contributed by atoms with Crippen molar-refractivity contribution in [2.45, 2.75) is 0 Å². The van der Waals surface area contributed by atoms with Crippen molar-refractivity contribution in [2.24, 2.45) is 0 Å². The number of rotatable bonds is 6. The van der Waals surface area contributed by atoms with Crippen LogP contribution in [0.1, 0.15) is 0 Å². The van der Waals surface area contributed by atoms with Crippen LogP contribution in [0.3, 0.4) is 0 Å². The molecule has 1 aliphatic heterocycles. The summed E-state index contributed by atoms with van der Waals surface area (Å²) in [6.07, 6.45) is 3.44. The Hall–Kier alpha value is -2.61. The summed E-state index contributed by atoms with van der Waals surface area (Å²) in [6, 6.07) is 11.1. The minimum atomic E-state index is -0.0972. The minimum absolute atomic E-state index is 0.0659. The second-order valence-electron chi connectivity index (χ2n) is 5.82. The van der Waals surface area contributed by atoms with E-state index in [2.05, 4.69) is 20.2 Å². The molecule has 1 saturated heterocycles. The fourth-order valence-corrected chi connectivity index (χ4v) is 3.37. The molecule has 3 rings (SSSR count). The van der Waals surface area contributed by atoms with E-state index in [4.69, 9.17) is 0 Å². The first-order chi connectivity index (χ1) is 12.7. The summed E-state index contributed by atoms with van der Waals surface area (Å²) in [5.41, 5.74) is 0.767. The lowest BCUT2D eigenvalue weighted by molar-refractivity contribution is -0.128. The molecule has 0 radical (unpaired) electrons. The Balaban J connectivity index is 1.36. The lowest BCUT2D eigenvalue weighted by atomic mass is 10.3. The standard InChI is InChI=1S/C18H21N5O2S/c24-16(21-15-5-2-1-3-6-15)13-26-14-17(25)22-9-11-23(12-10-22)18-19-7-4-8-20-18/h1-8H,9-14H2,(H,21,24). The van der Waals surface area contributed by atoms with Crippen LogP contribution >= 0.6 is 11.8 Å². The zero-order valence-corrected chi connectivity index (χ0v) is 15.2. The summed E-state index contributed by atoms with van der Waals surface area (Å²) >= 11 is 1.34. The SMILES string of the molecule is O=C(CSCC(=O)N1CCN(c2ncccn2)CC1)Nc1ccccc1. The van der Waals surface area contributed by atoms with Crippen molar-refractivity contribution in [1.29, 1.82) is 0 Å². The maximum Gasteiger partial charge on any atom is 0.234 e. The van der Waals surface area contributed by atoms with Gasteiger partial charge in [-0.3, -0.25) is 9.59 Å². The maximum atomic E-state index is 12.3. The van der Waals surface area contributed by atoms with Crippen molar-refractivity contribution in [2.75, 3.05) is 47.9 Å². The molecule has 0 aliphatic carbocycles. The normalized spacial score (nSPS) is 14.2. The van der Waals surface area contributed by atoms with Crippen molar-refractivity contribution in [3.63, 3.8) is 0 Å². The van der Waals surface area contributed by atoms with E-state index in [0.29, 0.717) is 24.8 Å². The van der Waals surface area contributed by atoms with Gasteiger partial charge in [0.2, 0.25) is 17.8 Å². The van der Waals surface area contributed by atoms with Gasteiger partial charge >= 0.3 is 0 Å². The van der Waals surface area contributed by atoms with E-state index >= 15 is 0 Å². The summed E-state index contributed by atoms with van der Waals surface area (Å²) in [5, 5.41) is 2.81. The number of nitrogens with one attached hydrogen (secondary N) is 1. The molecular weight excluding hydrogens is 350 g/mol. The van der Waals surface area contributed by atoms with Crippen molar-refractivity contribution in [3.8, 4) is 0 Å². The number of thioether (sulfide) groups is 1. The molecule has 136 valence electrons. The molecule has 1 aromatic heterocycles. The molecule has 2 amide bonds. The monoisotopic (exact) mass is 371 g/mol. The number of carbonyl (C=O) groups is 2. The minimum Gasteiger partial charge on any atom is -0.338 e. The van der Waals surface area contributed by atoms with E-state index in [9.17, 15) is 9.59 Å². The van der Waals surface area contributed by atoms with Crippen LogP contribution in [0.2, 0.25) is 0 Å². The summed E-state index contributed by atoms with van der Waals surface area (Å²) < 4.78 is 0. The van der Waals surface area contributed by atoms with E-state index in [0.717, 1.165) is 18.8 Å². The van der Waals surface area contributed by atoms with Gasteiger partial charge in [-0.1, -0.05) is 18.2 Å². The van der Waals surface area contributed by atoms with E-state index in [-0.39, 0.29) is 17.6 Å². The maximum absolute atomic E-state index is 12.3. The number of aromatic nitrogens is 2. The second kappa shape index (κ2) is 9.19. The van der Waals surface area contributed by atoms with Crippen LogP contribution in [0.5, 0.6) is 0 Å². The van der Waals surface area contributed by atoms with Gasteiger partial charge < -0.3 is 15.1 Å². The van der Waals surface area contributed by atoms with Crippen LogP contribution in [-0.2, 0) is 9.59 Å². The highest BCUT2D eigenvalue weighted by Crippen LogP contribution is 2.12. The quantitative estimate of drug-likeness (QED) is 0.829. The van der Waals surface area contributed by atoms with Crippen LogP contribution in [0.15, 0.2) is 48.8 Å². The van der Waals surface area contributed by atoms with Crippen molar-refractivity contribution in [3.05, 3.63) is 48.8 Å². The Morgan fingerprint density at radius 2 is 1.65 bits per heavy atom. The van der Waals surface area contributed by atoms with Crippen molar-refractivity contribution >= 4 is 35.2 Å². The Labute approximate surface area is 156 Å². The number of benzene rings is 1. The van der Waals surface area contributed by atoms with Gasteiger partial charge in [0, 0.05) is 44.3 Å². The second-order valence-corrected chi connectivity index (χ2v) is 6.81. The van der Waals surface area contributed by atoms with E-state index < -0.39 is 0 Å². The summed E-state index contributed by atoms with van der Waals surface area (Å²) in [6.45, 7) is 2.73. The van der Waals surface area contributed by atoms with Gasteiger partial charge in [-0.25, -0.2) is 9.97 Å². The lowest BCUT2D eigenvalue weighted by Gasteiger charge is -2.34. The van der Waals surface area contributed by atoms with Gasteiger partial charge in [-0.15, -0.1) is 11.8 Å². The summed E-state index contributed by atoms with van der Waals surface area (Å²) in [5.74, 6) is 1.24. The third-order valence-corrected chi connectivity index (χ3v) is 4.90. The van der Waals surface area contributed by atoms with Crippen molar-refractivity contribution in [1.82, 2.24) is 14.9 Å². The predicted octanol–water partition coefficient (Wildman–Crippen LogP) is 1.50. The average Bonchev–Trinajstić information content (AvgIpc) is 2.69. The fourth-order valence-electron chi connectivity index (χ4n) is 2.65. The smallest absolute Gasteiger partial charge is 0.234 e. The molecule has 26 heavy (non-hydrogen) atoms. The van der Waals surface area contributed by atoms with Gasteiger partial charge in [0.25, 0.3) is 0 Å². The number of hydrogen-bond donors (Lipinski definition) is 1. The molecule has 7 nitrogen and oxygen atoms in total. The average molecular weight is 371 g/mol. The molecule has 0 unspecified atom stereocenters. The molecule has 1 fully saturated rings. The number of carbonyl (C=O) groups excluding carboxylic acids is 2. The number of anilines is 2. The zero-order valence-electron chi connectivity index (χ0n) is 14.4. The molecule has 0 bridgehead atoms. The highest BCUT2D eigenvalue weighted by Gasteiger charge is 2.22. The van der Waals surface area contributed by atoms with Crippen LogP contribution in [0.4, 0.5) is 11.6 Å². The molecule has 0 saturated carbocycles. The van der Waals surface area contributed by atoms with Crippen LogP contribution in [0, 0.1) is 0 Å². The van der Waals surface area contributed by atoms with E-state index in [1.165, 1.54) is 11.8 Å². The number of piperazine rings is 1. The molecule has 1 aliphatic rings. The van der Waals surface area contributed by atoms with Crippen LogP contribution < -0.4 is 10.2 Å². The first kappa shape index (κ1) is 18.2. The molecular formula is C18H21N5O2S. The predicted molar refractivity (Wildman–Crippen MR) is 103 cm³/mol. The number of nitrogens with zero attached hydrogens (tertiary/aromatic N) is 4. The molecule has 0 spiro atoms. The van der Waals surface area contributed by atoms with Crippen LogP contribution in [0.25, 0.3) is 0 Å². The molecule has 2 aromatic rings. The van der Waals surface area contributed by atoms with Gasteiger partial charge in [0.1, 0.15) is 0 Å². The Bertz CT molecular complexity index is 721. The lowest BCUT2D eigenvalue weighted by Crippen LogP contribution is -2.49. The van der Waals surface area contributed by atoms with Gasteiger partial charge in [0.05, 0.1) is 11.5 Å². The first-order valence-electron chi connectivity index (χ1n) is 8.45. The Kier molecular flexibility index (Phi) is 6.43. The summed E-state index contributed by atoms with van der Waals surface area (Å²) in [7, 11) is 0. The molecule has 8 heteroatoms. The van der Waals surface area contributed by atoms with Gasteiger partial charge in [0.15, 0.2) is 0 Å². The Morgan fingerprint density at radius 3 is 2.35 bits per heavy atom. The zero-order chi connectivity index (χ0) is 18.2. The third-order valence-electron chi connectivity index (χ3n) is 3.98. The largest absolute Gasteiger partial charge is 0.338 e. The molecule has 1 aromatic carbocycles. The van der Waals surface area contributed by atoms with E-state index in [1.54, 1.807) is 18.5 Å². The molecule has 2 heterocycles. The highest BCUT2D eigenvalue weighted by atomic mass is 32.2. The fraction of sp³-hybridized carbons (Fsp3) is 0.333.